The molecule has 0 bridgehead atoms. The molecule has 1 aliphatic heterocycles. The summed E-state index contributed by atoms with van der Waals surface area (Å²) < 4.78 is 26.1. The van der Waals surface area contributed by atoms with Gasteiger partial charge < -0.3 is 24.8 Å². The number of fused-ring (bicyclic) bond motifs is 1. The van der Waals surface area contributed by atoms with Crippen LogP contribution in [0.3, 0.4) is 0 Å². The van der Waals surface area contributed by atoms with E-state index in [1.165, 1.54) is 26.4 Å². The highest BCUT2D eigenvalue weighted by atomic mass is 35.5. The van der Waals surface area contributed by atoms with Crippen LogP contribution in [0.2, 0.25) is 5.02 Å². The second-order valence-electron chi connectivity index (χ2n) is 7.79. The molecule has 0 aliphatic carbocycles. The zero-order valence-electron chi connectivity index (χ0n) is 18.2. The van der Waals surface area contributed by atoms with Crippen molar-refractivity contribution in [2.75, 3.05) is 25.5 Å². The largest absolute Gasteiger partial charge is 0.493 e. The van der Waals surface area contributed by atoms with Gasteiger partial charge in [-0.25, -0.2) is 14.4 Å². The summed E-state index contributed by atoms with van der Waals surface area (Å²) in [5.41, 5.74) is 0.785. The highest BCUT2D eigenvalue weighted by molar-refractivity contribution is 6.31. The number of nitrogens with zero attached hydrogens (tertiary/aromatic N) is 3. The molecule has 1 aromatic heterocycles. The number of benzene rings is 2. The van der Waals surface area contributed by atoms with Crippen molar-refractivity contribution in [3.63, 3.8) is 0 Å². The lowest BCUT2D eigenvalue weighted by Crippen LogP contribution is -2.45. The number of ether oxygens (including phenoxy) is 2. The third-order valence-electron chi connectivity index (χ3n) is 5.53. The van der Waals surface area contributed by atoms with Crippen LogP contribution in [0.25, 0.3) is 10.9 Å². The average Bonchev–Trinajstić information content (AvgIpc) is 2.81. The van der Waals surface area contributed by atoms with Crippen molar-refractivity contribution in [3.8, 4) is 11.5 Å². The first-order valence-electron chi connectivity index (χ1n) is 10.5. The number of carbonyl (C=O) groups is 1. The minimum Gasteiger partial charge on any atom is -0.493 e. The Morgan fingerprint density at radius 3 is 2.73 bits per heavy atom. The lowest BCUT2D eigenvalue weighted by molar-refractivity contribution is -0.141. The number of halogens is 2. The summed E-state index contributed by atoms with van der Waals surface area (Å²) in [4.78, 5) is 22.2. The number of amides is 1. The van der Waals surface area contributed by atoms with E-state index in [0.717, 1.165) is 0 Å². The Hall–Kier alpha value is -3.17. The summed E-state index contributed by atoms with van der Waals surface area (Å²) in [6, 6.07) is 8.17. The van der Waals surface area contributed by atoms with E-state index in [9.17, 15) is 14.3 Å². The third-order valence-corrected chi connectivity index (χ3v) is 5.82. The topological polar surface area (TPSA) is 96.8 Å². The van der Waals surface area contributed by atoms with E-state index in [1.54, 1.807) is 29.2 Å². The number of rotatable bonds is 6. The van der Waals surface area contributed by atoms with Crippen LogP contribution in [-0.4, -0.2) is 58.3 Å². The average molecular weight is 475 g/mol. The minimum atomic E-state index is -1.01. The fourth-order valence-electron chi connectivity index (χ4n) is 3.78. The zero-order valence-corrected chi connectivity index (χ0v) is 19.0. The van der Waals surface area contributed by atoms with Gasteiger partial charge in [0.2, 0.25) is 0 Å². The number of methoxy groups -OCH3 is 1. The van der Waals surface area contributed by atoms with E-state index in [4.69, 9.17) is 21.1 Å². The fraction of sp³-hybridized carbons (Fsp3) is 0.348. The Morgan fingerprint density at radius 2 is 2.03 bits per heavy atom. The van der Waals surface area contributed by atoms with Crippen LogP contribution in [-0.2, 0) is 4.79 Å². The number of hydrogen-bond donors (Lipinski definition) is 2. The third kappa shape index (κ3) is 4.94. The van der Waals surface area contributed by atoms with Crippen LogP contribution in [0, 0.1) is 5.82 Å². The number of aromatic nitrogens is 2. The van der Waals surface area contributed by atoms with E-state index >= 15 is 0 Å². The Morgan fingerprint density at radius 1 is 1.27 bits per heavy atom. The van der Waals surface area contributed by atoms with Crippen LogP contribution in [0.5, 0.6) is 11.5 Å². The Bertz CT molecular complexity index is 1170. The molecule has 33 heavy (non-hydrogen) atoms. The van der Waals surface area contributed by atoms with Gasteiger partial charge in [0.05, 0.1) is 23.3 Å². The Balaban J connectivity index is 1.56. The van der Waals surface area contributed by atoms with Crippen molar-refractivity contribution >= 4 is 39.9 Å². The predicted molar refractivity (Wildman–Crippen MR) is 123 cm³/mol. The molecular weight excluding hydrogens is 451 g/mol. The summed E-state index contributed by atoms with van der Waals surface area (Å²) in [5, 5.41) is 13.1. The van der Waals surface area contributed by atoms with E-state index < -0.39 is 11.9 Å². The molecular formula is C23H24ClFN4O4. The van der Waals surface area contributed by atoms with E-state index in [2.05, 4.69) is 15.3 Å². The number of likely N-dealkylation sites (tertiary alicyclic amines) is 1. The van der Waals surface area contributed by atoms with Gasteiger partial charge in [0, 0.05) is 37.4 Å². The van der Waals surface area contributed by atoms with Crippen LogP contribution in [0.1, 0.15) is 19.8 Å². The van der Waals surface area contributed by atoms with Crippen molar-refractivity contribution in [2.24, 2.45) is 0 Å². The van der Waals surface area contributed by atoms with E-state index in [0.29, 0.717) is 54.2 Å². The highest BCUT2D eigenvalue weighted by Crippen LogP contribution is 2.36. The number of aliphatic hydroxyl groups is 1. The first-order chi connectivity index (χ1) is 15.9. The standard InChI is InChI=1S/C23H24ClFN4O4/c1-13(30)23(31)29-8-6-14(7-9-29)33-20-11-18-15(10-19(20)32-2)22(27-12-26-18)28-17-5-3-4-16(24)21(17)25/h3-5,10-14,30H,6-9H2,1-2H3,(H,26,27,28). The first-order valence-corrected chi connectivity index (χ1v) is 10.9. The summed E-state index contributed by atoms with van der Waals surface area (Å²) in [6.07, 6.45) is 1.51. The van der Waals surface area contributed by atoms with Crippen LogP contribution < -0.4 is 14.8 Å². The zero-order chi connectivity index (χ0) is 23.5. The summed E-state index contributed by atoms with van der Waals surface area (Å²) in [7, 11) is 1.53. The number of carbonyl (C=O) groups excluding carboxylic acids is 1. The maximum Gasteiger partial charge on any atom is 0.251 e. The Kier molecular flexibility index (Phi) is 6.80. The van der Waals surface area contributed by atoms with Crippen LogP contribution in [0.15, 0.2) is 36.7 Å². The highest BCUT2D eigenvalue weighted by Gasteiger charge is 2.27. The van der Waals surface area contributed by atoms with Gasteiger partial charge in [-0.1, -0.05) is 17.7 Å². The monoisotopic (exact) mass is 474 g/mol. The normalized spacial score (nSPS) is 15.4. The number of hydrogen-bond acceptors (Lipinski definition) is 7. The Labute approximate surface area is 195 Å². The molecule has 1 fully saturated rings. The minimum absolute atomic E-state index is 0.00724. The van der Waals surface area contributed by atoms with Crippen LogP contribution >= 0.6 is 11.6 Å². The van der Waals surface area contributed by atoms with Crippen molar-refractivity contribution < 1.29 is 23.8 Å². The fourth-order valence-corrected chi connectivity index (χ4v) is 3.96. The molecule has 2 heterocycles. The lowest BCUT2D eigenvalue weighted by atomic mass is 10.1. The molecule has 1 unspecified atom stereocenters. The van der Waals surface area contributed by atoms with Crippen molar-refractivity contribution in [2.45, 2.75) is 32.0 Å². The molecule has 10 heteroatoms. The maximum absolute atomic E-state index is 14.4. The van der Waals surface area contributed by atoms with Crippen LogP contribution in [0.4, 0.5) is 15.9 Å². The van der Waals surface area contributed by atoms with Crippen molar-refractivity contribution in [1.82, 2.24) is 14.9 Å². The van der Waals surface area contributed by atoms with E-state index in [-0.39, 0.29) is 22.7 Å². The molecule has 1 amide bonds. The molecule has 0 radical (unpaired) electrons. The number of piperidine rings is 1. The smallest absolute Gasteiger partial charge is 0.251 e. The van der Waals surface area contributed by atoms with Gasteiger partial charge in [-0.15, -0.1) is 0 Å². The second-order valence-corrected chi connectivity index (χ2v) is 8.19. The van der Waals surface area contributed by atoms with E-state index in [1.807, 2.05) is 0 Å². The predicted octanol–water partition coefficient (Wildman–Crippen LogP) is 3.93. The molecule has 1 aliphatic rings. The molecule has 0 saturated carbocycles. The van der Waals surface area contributed by atoms with Crippen molar-refractivity contribution in [1.29, 1.82) is 0 Å². The SMILES string of the molecule is COc1cc2c(Nc3cccc(Cl)c3F)ncnc2cc1OC1CCN(C(=O)C(C)O)CC1. The molecule has 174 valence electrons. The number of aliphatic hydroxyl groups excluding tert-OH is 1. The van der Waals surface area contributed by atoms with Gasteiger partial charge >= 0.3 is 0 Å². The molecule has 3 aromatic rings. The lowest BCUT2D eigenvalue weighted by Gasteiger charge is -2.33. The molecule has 0 spiro atoms. The van der Waals surface area contributed by atoms with Gasteiger partial charge in [-0.2, -0.15) is 0 Å². The number of nitrogens with one attached hydrogen (secondary N) is 1. The second kappa shape index (κ2) is 9.76. The summed E-state index contributed by atoms with van der Waals surface area (Å²) >= 11 is 5.88. The van der Waals surface area contributed by atoms with Gasteiger partial charge in [-0.3, -0.25) is 4.79 Å². The molecule has 8 nitrogen and oxygen atoms in total. The first kappa shape index (κ1) is 23.0. The summed E-state index contributed by atoms with van der Waals surface area (Å²) in [5.74, 6) is 0.553. The molecule has 2 aromatic carbocycles. The summed E-state index contributed by atoms with van der Waals surface area (Å²) in [6.45, 7) is 2.48. The molecule has 2 N–H and O–H groups in total. The maximum atomic E-state index is 14.4. The van der Waals surface area contributed by atoms with Gasteiger partial charge in [-0.05, 0) is 25.1 Å². The van der Waals surface area contributed by atoms with Crippen molar-refractivity contribution in [3.05, 3.63) is 47.5 Å². The quantitative estimate of drug-likeness (QED) is 0.558. The van der Waals surface area contributed by atoms with Gasteiger partial charge in [0.15, 0.2) is 17.3 Å². The number of anilines is 2. The molecule has 4 rings (SSSR count). The molecule has 1 atom stereocenters. The van der Waals surface area contributed by atoms with Gasteiger partial charge in [0.1, 0.15) is 24.4 Å². The molecule has 1 saturated heterocycles. The van der Waals surface area contributed by atoms with Gasteiger partial charge in [0.25, 0.3) is 5.91 Å².